The molecule has 0 bridgehead atoms. The Kier molecular flexibility index (Phi) is 4.61. The molecule has 1 aromatic heterocycles. The van der Waals surface area contributed by atoms with E-state index in [4.69, 9.17) is 4.74 Å². The second-order valence-corrected chi connectivity index (χ2v) is 5.84. The van der Waals surface area contributed by atoms with E-state index in [-0.39, 0.29) is 0 Å². The van der Waals surface area contributed by atoms with Gasteiger partial charge in [0.15, 0.2) is 0 Å². The van der Waals surface area contributed by atoms with Gasteiger partial charge in [0.1, 0.15) is 18.2 Å². The molecule has 0 aromatic carbocycles. The molecular formula is C15H25N3O. The molecule has 4 nitrogen and oxygen atoms in total. The van der Waals surface area contributed by atoms with E-state index in [1.807, 2.05) is 6.92 Å². The predicted molar refractivity (Wildman–Crippen MR) is 77.5 cm³/mol. The molecule has 19 heavy (non-hydrogen) atoms. The molecule has 1 N–H and O–H groups in total. The van der Waals surface area contributed by atoms with Gasteiger partial charge in [-0.3, -0.25) is 0 Å². The maximum absolute atomic E-state index is 6.12. The maximum atomic E-state index is 6.12. The van der Waals surface area contributed by atoms with Gasteiger partial charge in [-0.1, -0.05) is 13.8 Å². The third kappa shape index (κ3) is 3.58. The molecule has 0 aliphatic heterocycles. The van der Waals surface area contributed by atoms with Crippen LogP contribution in [0.3, 0.4) is 0 Å². The Hall–Kier alpha value is -1.32. The number of nitrogens with zero attached hydrogens (tertiary/aromatic N) is 2. The Bertz CT molecular complexity index is 412. The number of hydrogen-bond acceptors (Lipinski definition) is 4. The van der Waals surface area contributed by atoms with Crippen molar-refractivity contribution in [2.45, 2.75) is 53.1 Å². The van der Waals surface area contributed by atoms with Gasteiger partial charge in [-0.15, -0.1) is 0 Å². The molecule has 0 radical (unpaired) electrons. The second-order valence-electron chi connectivity index (χ2n) is 5.84. The molecule has 2 atom stereocenters. The molecular weight excluding hydrogens is 238 g/mol. The van der Waals surface area contributed by atoms with Crippen LogP contribution in [0.15, 0.2) is 6.33 Å². The first kappa shape index (κ1) is 14.1. The summed E-state index contributed by atoms with van der Waals surface area (Å²) in [4.78, 5) is 8.54. The molecule has 1 saturated carbocycles. The average molecular weight is 263 g/mol. The highest BCUT2D eigenvalue weighted by atomic mass is 16.5. The van der Waals surface area contributed by atoms with Gasteiger partial charge in [0.25, 0.3) is 0 Å². The van der Waals surface area contributed by atoms with E-state index in [2.05, 4.69) is 36.1 Å². The molecule has 4 heteroatoms. The lowest BCUT2D eigenvalue weighted by Crippen LogP contribution is -2.29. The minimum Gasteiger partial charge on any atom is -0.474 e. The normalized spacial score (nSPS) is 27.1. The number of ether oxygens (including phenoxy) is 1. The van der Waals surface area contributed by atoms with Crippen molar-refractivity contribution in [1.82, 2.24) is 9.97 Å². The largest absolute Gasteiger partial charge is 0.474 e. The van der Waals surface area contributed by atoms with Gasteiger partial charge in [0.05, 0.1) is 5.56 Å². The van der Waals surface area contributed by atoms with Crippen LogP contribution in [0.1, 0.15) is 45.6 Å². The van der Waals surface area contributed by atoms with Crippen LogP contribution in [0.5, 0.6) is 5.88 Å². The minimum absolute atomic E-state index is 0.293. The van der Waals surface area contributed by atoms with Gasteiger partial charge in [-0.2, -0.15) is 0 Å². The number of rotatable bonds is 4. The summed E-state index contributed by atoms with van der Waals surface area (Å²) in [6.45, 7) is 9.55. The van der Waals surface area contributed by atoms with E-state index in [9.17, 15) is 0 Å². The van der Waals surface area contributed by atoms with E-state index in [1.54, 1.807) is 6.33 Å². The van der Waals surface area contributed by atoms with Crippen molar-refractivity contribution in [3.05, 3.63) is 11.9 Å². The first-order chi connectivity index (χ1) is 9.10. The lowest BCUT2D eigenvalue weighted by atomic mass is 9.82. The highest BCUT2D eigenvalue weighted by molar-refractivity contribution is 5.47. The van der Waals surface area contributed by atoms with Crippen LogP contribution in [0.2, 0.25) is 0 Å². The van der Waals surface area contributed by atoms with Gasteiger partial charge < -0.3 is 10.1 Å². The molecule has 1 aliphatic rings. The fourth-order valence-electron chi connectivity index (χ4n) is 3.03. The molecule has 106 valence electrons. The Balaban J connectivity index is 2.08. The van der Waals surface area contributed by atoms with Gasteiger partial charge >= 0.3 is 0 Å². The number of hydrogen-bond donors (Lipinski definition) is 1. The molecule has 1 heterocycles. The summed E-state index contributed by atoms with van der Waals surface area (Å²) in [5, 5.41) is 3.24. The van der Waals surface area contributed by atoms with Crippen LogP contribution >= 0.6 is 0 Å². The zero-order valence-electron chi connectivity index (χ0n) is 12.4. The van der Waals surface area contributed by atoms with Crippen molar-refractivity contribution in [2.24, 2.45) is 11.8 Å². The van der Waals surface area contributed by atoms with Crippen molar-refractivity contribution in [3.8, 4) is 5.88 Å². The first-order valence-corrected chi connectivity index (χ1v) is 7.32. The highest BCUT2D eigenvalue weighted by Gasteiger charge is 2.26. The summed E-state index contributed by atoms with van der Waals surface area (Å²) in [6, 6.07) is 0. The van der Waals surface area contributed by atoms with E-state index in [0.717, 1.165) is 48.5 Å². The van der Waals surface area contributed by atoms with Gasteiger partial charge in [-0.05, 0) is 44.9 Å². The van der Waals surface area contributed by atoms with E-state index in [1.165, 1.54) is 6.42 Å². The van der Waals surface area contributed by atoms with Gasteiger partial charge in [-0.25, -0.2) is 9.97 Å². The SMILES string of the molecule is CCNc1ncnc(OC2CC(C)CC(C)C2)c1C. The summed E-state index contributed by atoms with van der Waals surface area (Å²) >= 11 is 0. The van der Waals surface area contributed by atoms with Crippen LogP contribution in [0.25, 0.3) is 0 Å². The topological polar surface area (TPSA) is 47.0 Å². The smallest absolute Gasteiger partial charge is 0.221 e. The van der Waals surface area contributed by atoms with Crippen molar-refractivity contribution in [3.63, 3.8) is 0 Å². The molecule has 0 amide bonds. The standard InChI is InChI=1S/C15H25N3O/c1-5-16-14-12(4)15(18-9-17-14)19-13-7-10(2)6-11(3)8-13/h9-11,13H,5-8H2,1-4H3,(H,16,17,18). The van der Waals surface area contributed by atoms with Crippen molar-refractivity contribution in [2.75, 3.05) is 11.9 Å². The van der Waals surface area contributed by atoms with Crippen molar-refractivity contribution >= 4 is 5.82 Å². The highest BCUT2D eigenvalue weighted by Crippen LogP contribution is 2.32. The van der Waals surface area contributed by atoms with Crippen LogP contribution in [-0.2, 0) is 0 Å². The molecule has 2 rings (SSSR count). The van der Waals surface area contributed by atoms with Crippen LogP contribution in [0.4, 0.5) is 5.82 Å². The monoisotopic (exact) mass is 263 g/mol. The third-order valence-electron chi connectivity index (χ3n) is 3.80. The number of nitrogens with one attached hydrogen (secondary N) is 1. The molecule has 1 fully saturated rings. The summed E-state index contributed by atoms with van der Waals surface area (Å²) in [7, 11) is 0. The van der Waals surface area contributed by atoms with E-state index >= 15 is 0 Å². The minimum atomic E-state index is 0.293. The Morgan fingerprint density at radius 3 is 2.53 bits per heavy atom. The van der Waals surface area contributed by atoms with E-state index in [0.29, 0.717) is 6.10 Å². The predicted octanol–water partition coefficient (Wildman–Crippen LogP) is 3.42. The summed E-state index contributed by atoms with van der Waals surface area (Å²) in [5.41, 5.74) is 1.01. The molecule has 1 aromatic rings. The summed E-state index contributed by atoms with van der Waals surface area (Å²) < 4.78 is 6.12. The Morgan fingerprint density at radius 1 is 1.21 bits per heavy atom. The second kappa shape index (κ2) is 6.22. The quantitative estimate of drug-likeness (QED) is 0.904. The Labute approximate surface area is 116 Å². The van der Waals surface area contributed by atoms with Gasteiger partial charge in [0, 0.05) is 6.54 Å². The summed E-state index contributed by atoms with van der Waals surface area (Å²) in [5.74, 6) is 3.09. The maximum Gasteiger partial charge on any atom is 0.221 e. The first-order valence-electron chi connectivity index (χ1n) is 7.32. The fraction of sp³-hybridized carbons (Fsp3) is 0.733. The van der Waals surface area contributed by atoms with Crippen molar-refractivity contribution in [1.29, 1.82) is 0 Å². The van der Waals surface area contributed by atoms with Crippen LogP contribution in [-0.4, -0.2) is 22.6 Å². The lowest BCUT2D eigenvalue weighted by Gasteiger charge is -2.31. The summed E-state index contributed by atoms with van der Waals surface area (Å²) in [6.07, 6.45) is 5.44. The molecule has 0 spiro atoms. The zero-order valence-corrected chi connectivity index (χ0v) is 12.4. The number of anilines is 1. The van der Waals surface area contributed by atoms with Crippen LogP contribution < -0.4 is 10.1 Å². The average Bonchev–Trinajstić information content (AvgIpc) is 2.33. The van der Waals surface area contributed by atoms with Crippen LogP contribution in [0, 0.1) is 18.8 Å². The lowest BCUT2D eigenvalue weighted by molar-refractivity contribution is 0.0959. The van der Waals surface area contributed by atoms with Crippen molar-refractivity contribution < 1.29 is 4.74 Å². The molecule has 2 unspecified atom stereocenters. The Morgan fingerprint density at radius 2 is 1.89 bits per heavy atom. The van der Waals surface area contributed by atoms with E-state index < -0.39 is 0 Å². The zero-order chi connectivity index (χ0) is 13.8. The number of aromatic nitrogens is 2. The van der Waals surface area contributed by atoms with Gasteiger partial charge in [0.2, 0.25) is 5.88 Å². The fourth-order valence-corrected chi connectivity index (χ4v) is 3.03. The molecule has 0 saturated heterocycles. The molecule has 1 aliphatic carbocycles. The third-order valence-corrected chi connectivity index (χ3v) is 3.80.